The molecule has 5 nitrogen and oxygen atoms in total. The number of nitrogens with zero attached hydrogens (tertiary/aromatic N) is 1. The van der Waals surface area contributed by atoms with Gasteiger partial charge in [-0.2, -0.15) is 5.10 Å². The minimum absolute atomic E-state index is 0.137. The molecule has 2 aromatic carbocycles. The van der Waals surface area contributed by atoms with Crippen LogP contribution in [0.25, 0.3) is 0 Å². The summed E-state index contributed by atoms with van der Waals surface area (Å²) in [6.07, 6.45) is 0. The average Bonchev–Trinajstić information content (AvgIpc) is 2.59. The zero-order chi connectivity index (χ0) is 18.9. The molecule has 0 aliphatic heterocycles. The molecule has 0 saturated carbocycles. The number of halogens is 1. The molecule has 0 radical (unpaired) electrons. The molecule has 0 fully saturated rings. The Morgan fingerprint density at radius 2 is 1.88 bits per heavy atom. The first-order valence-corrected chi connectivity index (χ1v) is 9.50. The van der Waals surface area contributed by atoms with Crippen molar-refractivity contribution in [1.29, 1.82) is 0 Å². The van der Waals surface area contributed by atoms with E-state index in [9.17, 15) is 9.59 Å². The quantitative estimate of drug-likeness (QED) is 0.553. The lowest BCUT2D eigenvalue weighted by Gasteiger charge is -2.06. The third kappa shape index (κ3) is 6.90. The van der Waals surface area contributed by atoms with Gasteiger partial charge in [0.05, 0.1) is 11.5 Å². The number of hydrazone groups is 1. The molecule has 0 atom stereocenters. The van der Waals surface area contributed by atoms with Gasteiger partial charge in [-0.15, -0.1) is 11.8 Å². The number of carbonyl (C=O) groups excluding carboxylic acids is 2. The van der Waals surface area contributed by atoms with Crippen molar-refractivity contribution in [2.75, 3.05) is 11.1 Å². The number of amides is 2. The van der Waals surface area contributed by atoms with Crippen molar-refractivity contribution in [2.45, 2.75) is 19.6 Å². The topological polar surface area (TPSA) is 70.6 Å². The Morgan fingerprint density at radius 1 is 1.12 bits per heavy atom. The highest BCUT2D eigenvalue weighted by Gasteiger charge is 2.04. The van der Waals surface area contributed by atoms with Crippen LogP contribution in [-0.4, -0.2) is 23.3 Å². The molecule has 0 aliphatic rings. The fraction of sp³-hybridized carbons (Fsp3) is 0.211. The van der Waals surface area contributed by atoms with Crippen molar-refractivity contribution in [2.24, 2.45) is 5.10 Å². The van der Waals surface area contributed by atoms with E-state index in [0.29, 0.717) is 27.9 Å². The number of rotatable bonds is 7. The molecule has 0 saturated heterocycles. The fourth-order valence-electron chi connectivity index (χ4n) is 2.16. The van der Waals surface area contributed by atoms with E-state index in [1.54, 1.807) is 19.1 Å². The van der Waals surface area contributed by atoms with E-state index in [-0.39, 0.29) is 11.8 Å². The molecule has 26 heavy (non-hydrogen) atoms. The Balaban J connectivity index is 1.84. The number of nitrogens with one attached hydrogen (secondary N) is 2. The highest BCUT2D eigenvalue weighted by atomic mass is 35.5. The van der Waals surface area contributed by atoms with Gasteiger partial charge in [0.1, 0.15) is 0 Å². The summed E-state index contributed by atoms with van der Waals surface area (Å²) >= 11 is 7.43. The van der Waals surface area contributed by atoms with Crippen LogP contribution in [0.4, 0.5) is 5.69 Å². The Morgan fingerprint density at radius 3 is 2.62 bits per heavy atom. The minimum Gasteiger partial charge on any atom is -0.326 e. The maximum Gasteiger partial charge on any atom is 0.250 e. The Bertz CT molecular complexity index is 824. The maximum atomic E-state index is 11.9. The van der Waals surface area contributed by atoms with Gasteiger partial charge in [-0.1, -0.05) is 35.9 Å². The minimum atomic E-state index is -0.172. The highest BCUT2D eigenvalue weighted by Crippen LogP contribution is 2.16. The van der Waals surface area contributed by atoms with Crippen molar-refractivity contribution in [3.63, 3.8) is 0 Å². The lowest BCUT2D eigenvalue weighted by Crippen LogP contribution is -2.21. The molecular formula is C19H20ClN3O2S. The van der Waals surface area contributed by atoms with Gasteiger partial charge in [0.15, 0.2) is 0 Å². The normalized spacial score (nSPS) is 11.1. The zero-order valence-electron chi connectivity index (χ0n) is 14.6. The number of hydrogen-bond donors (Lipinski definition) is 2. The smallest absolute Gasteiger partial charge is 0.250 e. The summed E-state index contributed by atoms with van der Waals surface area (Å²) in [4.78, 5) is 23.0. The van der Waals surface area contributed by atoms with Crippen LogP contribution >= 0.6 is 23.4 Å². The van der Waals surface area contributed by atoms with E-state index in [1.807, 2.05) is 36.4 Å². The van der Waals surface area contributed by atoms with Crippen molar-refractivity contribution < 1.29 is 9.59 Å². The van der Waals surface area contributed by atoms with Crippen LogP contribution in [0.1, 0.15) is 25.0 Å². The van der Waals surface area contributed by atoms with Crippen molar-refractivity contribution in [3.8, 4) is 0 Å². The molecule has 0 aromatic heterocycles. The molecule has 2 rings (SSSR count). The lowest BCUT2D eigenvalue weighted by molar-refractivity contribution is -0.118. The second-order valence-corrected chi connectivity index (χ2v) is 7.04. The van der Waals surface area contributed by atoms with Crippen LogP contribution < -0.4 is 10.7 Å². The molecular weight excluding hydrogens is 370 g/mol. The SMILES string of the molecule is CC(=O)Nc1cccc(/C(C)=N\NC(=O)CSCc2cccc(Cl)c2)c1. The summed E-state index contributed by atoms with van der Waals surface area (Å²) in [5, 5.41) is 7.53. The molecule has 0 heterocycles. The number of anilines is 1. The van der Waals surface area contributed by atoms with E-state index in [0.717, 1.165) is 11.1 Å². The Kier molecular flexibility index (Phi) is 7.69. The van der Waals surface area contributed by atoms with Crippen molar-refractivity contribution in [1.82, 2.24) is 5.43 Å². The third-order valence-electron chi connectivity index (χ3n) is 3.34. The standard InChI is InChI=1S/C19H20ClN3O2S/c1-13(16-6-4-8-18(10-16)21-14(2)24)22-23-19(25)12-26-11-15-5-3-7-17(20)9-15/h3-10H,11-12H2,1-2H3,(H,21,24)(H,23,25)/b22-13-. The Labute approximate surface area is 162 Å². The van der Waals surface area contributed by atoms with Gasteiger partial charge in [-0.05, 0) is 42.3 Å². The molecule has 2 N–H and O–H groups in total. The molecule has 0 bridgehead atoms. The van der Waals surface area contributed by atoms with E-state index in [1.165, 1.54) is 18.7 Å². The van der Waals surface area contributed by atoms with Gasteiger partial charge >= 0.3 is 0 Å². The number of thioether (sulfide) groups is 1. The molecule has 2 aromatic rings. The molecule has 2 amide bonds. The van der Waals surface area contributed by atoms with Gasteiger partial charge in [-0.25, -0.2) is 5.43 Å². The van der Waals surface area contributed by atoms with E-state index >= 15 is 0 Å². The third-order valence-corrected chi connectivity index (χ3v) is 4.58. The molecule has 7 heteroatoms. The number of hydrogen-bond acceptors (Lipinski definition) is 4. The van der Waals surface area contributed by atoms with Crippen molar-refractivity contribution in [3.05, 3.63) is 64.7 Å². The number of carbonyl (C=O) groups is 2. The largest absolute Gasteiger partial charge is 0.326 e. The number of benzene rings is 2. The monoisotopic (exact) mass is 389 g/mol. The van der Waals surface area contributed by atoms with Crippen LogP contribution in [0.2, 0.25) is 5.02 Å². The first kappa shape index (κ1) is 20.0. The fourth-order valence-corrected chi connectivity index (χ4v) is 3.14. The zero-order valence-corrected chi connectivity index (χ0v) is 16.2. The summed E-state index contributed by atoms with van der Waals surface area (Å²) < 4.78 is 0. The molecule has 0 spiro atoms. The summed E-state index contributed by atoms with van der Waals surface area (Å²) in [6, 6.07) is 14.9. The predicted molar refractivity (Wildman–Crippen MR) is 109 cm³/mol. The molecule has 136 valence electrons. The lowest BCUT2D eigenvalue weighted by atomic mass is 10.1. The van der Waals surface area contributed by atoms with E-state index in [2.05, 4.69) is 15.8 Å². The summed E-state index contributed by atoms with van der Waals surface area (Å²) in [5.74, 6) is 0.696. The molecule has 0 aliphatic carbocycles. The predicted octanol–water partition coefficient (Wildman–Crippen LogP) is 4.07. The van der Waals surface area contributed by atoms with E-state index < -0.39 is 0 Å². The molecule has 0 unspecified atom stereocenters. The maximum absolute atomic E-state index is 11.9. The van der Waals surface area contributed by atoms with Gasteiger partial charge in [0, 0.05) is 23.4 Å². The second kappa shape index (κ2) is 9.99. The van der Waals surface area contributed by atoms with Crippen LogP contribution in [0.3, 0.4) is 0 Å². The van der Waals surface area contributed by atoms with Gasteiger partial charge in [0.25, 0.3) is 0 Å². The van der Waals surface area contributed by atoms with Crippen LogP contribution in [-0.2, 0) is 15.3 Å². The van der Waals surface area contributed by atoms with E-state index in [4.69, 9.17) is 11.6 Å². The van der Waals surface area contributed by atoms with Gasteiger partial charge < -0.3 is 5.32 Å². The van der Waals surface area contributed by atoms with Gasteiger partial charge in [-0.3, -0.25) is 9.59 Å². The second-order valence-electron chi connectivity index (χ2n) is 5.62. The first-order chi connectivity index (χ1) is 12.4. The van der Waals surface area contributed by atoms with Crippen LogP contribution in [0.5, 0.6) is 0 Å². The Hall–Kier alpha value is -2.31. The summed E-state index contributed by atoms with van der Waals surface area (Å²) in [5.41, 5.74) is 5.80. The van der Waals surface area contributed by atoms with Gasteiger partial charge in [0.2, 0.25) is 11.8 Å². The van der Waals surface area contributed by atoms with Crippen LogP contribution in [0, 0.1) is 0 Å². The summed E-state index contributed by atoms with van der Waals surface area (Å²) in [6.45, 7) is 3.25. The highest BCUT2D eigenvalue weighted by molar-refractivity contribution is 7.99. The first-order valence-electron chi connectivity index (χ1n) is 7.97. The van der Waals surface area contributed by atoms with Crippen LogP contribution in [0.15, 0.2) is 53.6 Å². The average molecular weight is 390 g/mol. The summed E-state index contributed by atoms with van der Waals surface area (Å²) in [7, 11) is 0. The van der Waals surface area contributed by atoms with Crippen molar-refractivity contribution >= 4 is 46.6 Å².